The van der Waals surface area contributed by atoms with Crippen molar-refractivity contribution in [1.82, 2.24) is 9.80 Å². The molecule has 1 atom stereocenters. The van der Waals surface area contributed by atoms with Gasteiger partial charge in [0.1, 0.15) is 0 Å². The van der Waals surface area contributed by atoms with E-state index in [1.807, 2.05) is 0 Å². The van der Waals surface area contributed by atoms with Crippen LogP contribution in [-0.4, -0.2) is 58.1 Å². The Morgan fingerprint density at radius 1 is 1.11 bits per heavy atom. The highest BCUT2D eigenvalue weighted by atomic mass is 19.4. The highest BCUT2D eigenvalue weighted by Crippen LogP contribution is 2.37. The van der Waals surface area contributed by atoms with E-state index in [1.54, 1.807) is 29.2 Å². The van der Waals surface area contributed by atoms with Crippen LogP contribution < -0.4 is 0 Å². The highest BCUT2D eigenvalue weighted by Gasteiger charge is 2.38. The number of aliphatic imine (C=N–C) groups is 1. The second-order valence-corrected chi connectivity index (χ2v) is 9.33. The number of alkyl halides is 3. The number of nitrogens with zero attached hydrogens (tertiary/aromatic N) is 3. The number of imide groups is 1. The Morgan fingerprint density at radius 3 is 2.58 bits per heavy atom. The van der Waals surface area contributed by atoms with Gasteiger partial charge in [0.05, 0.1) is 22.8 Å². The molecule has 1 aliphatic carbocycles. The number of rotatable bonds is 7. The third-order valence-corrected chi connectivity index (χ3v) is 6.93. The number of benzene rings is 1. The van der Waals surface area contributed by atoms with E-state index in [9.17, 15) is 32.7 Å². The summed E-state index contributed by atoms with van der Waals surface area (Å²) in [5.74, 6) is -0.897. The molecule has 1 fully saturated rings. The van der Waals surface area contributed by atoms with Gasteiger partial charge in [-0.25, -0.2) is 4.79 Å². The molecule has 2 heterocycles. The van der Waals surface area contributed by atoms with Crippen LogP contribution in [0, 0.1) is 5.92 Å². The standard InChI is InChI=1S/C26H28F3N3O4/c27-26(28,29)19-8-6-7-18(17-19)25(36)12-15-31(16-13-25)22(33)11-2-1-5-14-32-23(34)20-9-3-4-10-21(20)30-24(32)35/h3-4,6-10,17,20,36H,1-2,5,11-16H2. The summed E-state index contributed by atoms with van der Waals surface area (Å²) in [6.07, 6.45) is 4.73. The van der Waals surface area contributed by atoms with Crippen molar-refractivity contribution in [2.45, 2.75) is 50.3 Å². The molecule has 4 rings (SSSR count). The summed E-state index contributed by atoms with van der Waals surface area (Å²) in [5.41, 5.74) is -1.55. The number of piperidine rings is 1. The van der Waals surface area contributed by atoms with Crippen LogP contribution in [0.4, 0.5) is 18.0 Å². The predicted octanol–water partition coefficient (Wildman–Crippen LogP) is 4.22. The average Bonchev–Trinajstić information content (AvgIpc) is 2.85. The average molecular weight is 504 g/mol. The molecule has 7 nitrogen and oxygen atoms in total. The largest absolute Gasteiger partial charge is 0.416 e. The quantitative estimate of drug-likeness (QED) is 0.564. The van der Waals surface area contributed by atoms with Gasteiger partial charge in [-0.15, -0.1) is 0 Å². The van der Waals surface area contributed by atoms with Crippen LogP contribution in [0.15, 0.2) is 53.6 Å². The molecule has 1 saturated heterocycles. The zero-order chi connectivity index (χ0) is 25.9. The Balaban J connectivity index is 1.20. The van der Waals surface area contributed by atoms with Crippen LogP contribution >= 0.6 is 0 Å². The van der Waals surface area contributed by atoms with Crippen LogP contribution in [0.25, 0.3) is 0 Å². The lowest BCUT2D eigenvalue weighted by Gasteiger charge is -2.38. The monoisotopic (exact) mass is 503 g/mol. The molecule has 0 radical (unpaired) electrons. The molecule has 1 unspecified atom stereocenters. The van der Waals surface area contributed by atoms with Crippen LogP contribution in [0.5, 0.6) is 0 Å². The first-order chi connectivity index (χ1) is 17.1. The summed E-state index contributed by atoms with van der Waals surface area (Å²) in [4.78, 5) is 44.1. The SMILES string of the molecule is O=C(CCCCCN1C(=O)N=C2C=CC=CC2C1=O)N1CCC(O)(c2cccc(C(F)(F)F)c2)CC1. The van der Waals surface area contributed by atoms with E-state index in [-0.39, 0.29) is 56.3 Å². The number of urea groups is 1. The van der Waals surface area contributed by atoms with E-state index >= 15 is 0 Å². The van der Waals surface area contributed by atoms with E-state index in [1.165, 1.54) is 12.1 Å². The summed E-state index contributed by atoms with van der Waals surface area (Å²) in [5, 5.41) is 10.9. The molecule has 3 aliphatic rings. The number of hydrogen-bond acceptors (Lipinski definition) is 4. The molecule has 0 spiro atoms. The first-order valence-electron chi connectivity index (χ1n) is 12.1. The van der Waals surface area contributed by atoms with Gasteiger partial charge in [0, 0.05) is 26.1 Å². The number of amides is 4. The highest BCUT2D eigenvalue weighted by molar-refractivity contribution is 6.21. The fraction of sp³-hybridized carbons (Fsp3) is 0.462. The van der Waals surface area contributed by atoms with Gasteiger partial charge >= 0.3 is 12.2 Å². The van der Waals surface area contributed by atoms with Gasteiger partial charge < -0.3 is 10.0 Å². The third kappa shape index (κ3) is 5.59. The zero-order valence-electron chi connectivity index (χ0n) is 19.7. The van der Waals surface area contributed by atoms with E-state index in [0.29, 0.717) is 25.0 Å². The number of allylic oxidation sites excluding steroid dienone is 3. The number of hydrogen-bond donors (Lipinski definition) is 1. The van der Waals surface area contributed by atoms with Crippen LogP contribution in [0.3, 0.4) is 0 Å². The molecule has 1 aromatic rings. The van der Waals surface area contributed by atoms with Crippen LogP contribution in [-0.2, 0) is 21.4 Å². The minimum Gasteiger partial charge on any atom is -0.385 e. The number of likely N-dealkylation sites (tertiary alicyclic amines) is 1. The molecular weight excluding hydrogens is 475 g/mol. The van der Waals surface area contributed by atoms with Gasteiger partial charge in [0.2, 0.25) is 11.8 Å². The first-order valence-corrected chi connectivity index (χ1v) is 12.1. The minimum absolute atomic E-state index is 0.0837. The topological polar surface area (TPSA) is 90.3 Å². The Hall–Kier alpha value is -3.27. The second kappa shape index (κ2) is 10.4. The summed E-state index contributed by atoms with van der Waals surface area (Å²) in [6.45, 7) is 0.753. The molecule has 1 aromatic carbocycles. The normalized spacial score (nSPS) is 21.4. The Kier molecular flexibility index (Phi) is 7.44. The number of carbonyl (C=O) groups excluding carboxylic acids is 3. The van der Waals surface area contributed by atoms with Crippen molar-refractivity contribution in [2.24, 2.45) is 10.9 Å². The van der Waals surface area contributed by atoms with Crippen molar-refractivity contribution < 1.29 is 32.7 Å². The predicted molar refractivity (Wildman–Crippen MR) is 126 cm³/mol. The maximum atomic E-state index is 13.0. The van der Waals surface area contributed by atoms with Crippen molar-refractivity contribution >= 4 is 23.6 Å². The van der Waals surface area contributed by atoms with Gasteiger partial charge in [0.25, 0.3) is 0 Å². The van der Waals surface area contributed by atoms with Gasteiger partial charge in [-0.05, 0) is 49.5 Å². The van der Waals surface area contributed by atoms with E-state index < -0.39 is 29.3 Å². The molecule has 2 aliphatic heterocycles. The smallest absolute Gasteiger partial charge is 0.385 e. The van der Waals surface area contributed by atoms with Gasteiger partial charge in [-0.1, -0.05) is 36.8 Å². The lowest BCUT2D eigenvalue weighted by molar-refractivity contribution is -0.138. The summed E-state index contributed by atoms with van der Waals surface area (Å²) < 4.78 is 39.1. The van der Waals surface area contributed by atoms with Crippen molar-refractivity contribution in [3.05, 3.63) is 59.7 Å². The molecule has 1 N–H and O–H groups in total. The van der Waals surface area contributed by atoms with Crippen molar-refractivity contribution in [2.75, 3.05) is 19.6 Å². The van der Waals surface area contributed by atoms with Crippen LogP contribution in [0.2, 0.25) is 0 Å². The van der Waals surface area contributed by atoms with E-state index in [0.717, 1.165) is 17.0 Å². The summed E-state index contributed by atoms with van der Waals surface area (Å²) >= 11 is 0. The number of fused-ring (bicyclic) bond motifs is 1. The van der Waals surface area contributed by atoms with Gasteiger partial charge in [0.15, 0.2) is 0 Å². The number of carbonyl (C=O) groups is 3. The second-order valence-electron chi connectivity index (χ2n) is 9.33. The maximum Gasteiger partial charge on any atom is 0.416 e. The van der Waals surface area contributed by atoms with Crippen molar-refractivity contribution in [3.63, 3.8) is 0 Å². The van der Waals surface area contributed by atoms with Crippen molar-refractivity contribution in [1.29, 1.82) is 0 Å². The molecule has 0 bridgehead atoms. The lowest BCUT2D eigenvalue weighted by Crippen LogP contribution is -2.46. The molecule has 10 heteroatoms. The van der Waals surface area contributed by atoms with E-state index in [2.05, 4.69) is 4.99 Å². The molecule has 4 amide bonds. The lowest BCUT2D eigenvalue weighted by atomic mass is 9.83. The van der Waals surface area contributed by atoms with Crippen LogP contribution in [0.1, 0.15) is 49.7 Å². The van der Waals surface area contributed by atoms with Gasteiger partial charge in [-0.2, -0.15) is 18.2 Å². The Bertz CT molecular complexity index is 1120. The summed E-state index contributed by atoms with van der Waals surface area (Å²) in [6, 6.07) is 4.15. The third-order valence-electron chi connectivity index (χ3n) is 6.93. The fourth-order valence-corrected chi connectivity index (χ4v) is 4.77. The van der Waals surface area contributed by atoms with Gasteiger partial charge in [-0.3, -0.25) is 14.5 Å². The maximum absolute atomic E-state index is 13.0. The fourth-order valence-electron chi connectivity index (χ4n) is 4.77. The molecule has 192 valence electrons. The number of unbranched alkanes of at least 4 members (excludes halogenated alkanes) is 2. The number of halogens is 3. The molecular formula is C26H28F3N3O4. The molecule has 0 saturated carbocycles. The zero-order valence-corrected chi connectivity index (χ0v) is 19.7. The summed E-state index contributed by atoms with van der Waals surface area (Å²) in [7, 11) is 0. The van der Waals surface area contributed by atoms with E-state index in [4.69, 9.17) is 0 Å². The Labute approximate surface area is 207 Å². The Morgan fingerprint density at radius 2 is 1.86 bits per heavy atom. The number of aliphatic hydroxyl groups is 1. The molecule has 0 aromatic heterocycles. The first kappa shape index (κ1) is 25.8. The molecule has 36 heavy (non-hydrogen) atoms. The van der Waals surface area contributed by atoms with Crippen molar-refractivity contribution in [3.8, 4) is 0 Å². The minimum atomic E-state index is -4.49.